The van der Waals surface area contributed by atoms with Crippen molar-refractivity contribution in [2.75, 3.05) is 26.4 Å². The smallest absolute Gasteiger partial charge is 0.173 e. The fourth-order valence-electron chi connectivity index (χ4n) is 2.43. The molecule has 2 aliphatic rings. The number of nitrogens with one attached hydrogen (secondary N) is 1. The third-order valence-electron chi connectivity index (χ3n) is 3.45. The van der Waals surface area contributed by atoms with E-state index in [1.807, 2.05) is 0 Å². The minimum atomic E-state index is -0.354. The van der Waals surface area contributed by atoms with Gasteiger partial charge < -0.3 is 19.5 Å². The highest BCUT2D eigenvalue weighted by Gasteiger charge is 2.42. The summed E-state index contributed by atoms with van der Waals surface area (Å²) in [6.07, 6.45) is 1.88. The molecule has 0 saturated carbocycles. The Balaban J connectivity index is 1.42. The summed E-state index contributed by atoms with van der Waals surface area (Å²) < 4.78 is 17.2. The largest absolute Gasteiger partial charge is 0.381 e. The molecule has 1 N–H and O–H groups in total. The molecule has 3 rings (SSSR count). The van der Waals surface area contributed by atoms with Crippen molar-refractivity contribution in [2.45, 2.75) is 31.3 Å². The topological polar surface area (TPSA) is 39.7 Å². The molecule has 5 heteroatoms. The van der Waals surface area contributed by atoms with Crippen LogP contribution in [0.1, 0.15) is 18.4 Å². The molecule has 2 saturated heterocycles. The van der Waals surface area contributed by atoms with Crippen LogP contribution in [0.4, 0.5) is 0 Å². The van der Waals surface area contributed by atoms with Crippen molar-refractivity contribution in [1.29, 1.82) is 0 Å². The fraction of sp³-hybridized carbons (Fsp3) is 0.692. The molecule has 1 aromatic heterocycles. The van der Waals surface area contributed by atoms with Gasteiger partial charge in [-0.15, -0.1) is 0 Å². The summed E-state index contributed by atoms with van der Waals surface area (Å²) in [6, 6.07) is 2.14. The van der Waals surface area contributed by atoms with Crippen molar-refractivity contribution in [1.82, 2.24) is 5.32 Å². The Morgan fingerprint density at radius 3 is 3.06 bits per heavy atom. The second-order valence-corrected chi connectivity index (χ2v) is 5.62. The van der Waals surface area contributed by atoms with Crippen molar-refractivity contribution in [3.63, 3.8) is 0 Å². The molecule has 2 aliphatic heterocycles. The summed E-state index contributed by atoms with van der Waals surface area (Å²) in [4.78, 5) is 0. The number of ether oxygens (including phenoxy) is 3. The van der Waals surface area contributed by atoms with Crippen LogP contribution in [0.25, 0.3) is 0 Å². The molecule has 1 aromatic rings. The first kappa shape index (κ1) is 12.6. The van der Waals surface area contributed by atoms with E-state index in [0.717, 1.165) is 39.1 Å². The molecule has 0 amide bonds. The molecule has 0 unspecified atom stereocenters. The van der Waals surface area contributed by atoms with Gasteiger partial charge in [-0.25, -0.2) is 0 Å². The molecule has 18 heavy (non-hydrogen) atoms. The molecule has 2 fully saturated rings. The van der Waals surface area contributed by atoms with Crippen LogP contribution in [0.3, 0.4) is 0 Å². The average molecular weight is 269 g/mol. The first-order chi connectivity index (χ1) is 8.86. The van der Waals surface area contributed by atoms with E-state index in [2.05, 4.69) is 22.1 Å². The van der Waals surface area contributed by atoms with Gasteiger partial charge in [-0.05, 0) is 22.4 Å². The fourth-order valence-corrected chi connectivity index (χ4v) is 3.10. The molecule has 1 spiro atoms. The molecular formula is C13H19NO3S. The number of thiophene rings is 1. The van der Waals surface area contributed by atoms with Crippen LogP contribution in [0, 0.1) is 0 Å². The van der Waals surface area contributed by atoms with Crippen molar-refractivity contribution >= 4 is 11.3 Å². The third kappa shape index (κ3) is 2.92. The van der Waals surface area contributed by atoms with Crippen LogP contribution in [-0.4, -0.2) is 38.3 Å². The zero-order valence-corrected chi connectivity index (χ0v) is 11.2. The zero-order valence-electron chi connectivity index (χ0n) is 10.4. The molecule has 100 valence electrons. The zero-order chi connectivity index (χ0) is 12.3. The number of rotatable bonds is 4. The molecule has 0 radical (unpaired) electrons. The van der Waals surface area contributed by atoms with Crippen molar-refractivity contribution in [2.24, 2.45) is 0 Å². The summed E-state index contributed by atoms with van der Waals surface area (Å²) in [5.74, 6) is -0.354. The highest BCUT2D eigenvalue weighted by Crippen LogP contribution is 2.32. The van der Waals surface area contributed by atoms with Crippen LogP contribution in [-0.2, 0) is 20.8 Å². The summed E-state index contributed by atoms with van der Waals surface area (Å²) in [5.41, 5.74) is 1.33. The van der Waals surface area contributed by atoms with E-state index >= 15 is 0 Å². The van der Waals surface area contributed by atoms with Gasteiger partial charge in [0.15, 0.2) is 5.79 Å². The Kier molecular flexibility index (Phi) is 3.96. The summed E-state index contributed by atoms with van der Waals surface area (Å²) in [6.45, 7) is 3.93. The molecule has 4 nitrogen and oxygen atoms in total. The Hall–Kier alpha value is -0.460. The first-order valence-electron chi connectivity index (χ1n) is 6.48. The Morgan fingerprint density at radius 1 is 1.39 bits per heavy atom. The number of hydrogen-bond donors (Lipinski definition) is 1. The molecular weight excluding hydrogens is 250 g/mol. The van der Waals surface area contributed by atoms with E-state index in [4.69, 9.17) is 14.2 Å². The quantitative estimate of drug-likeness (QED) is 0.904. The maximum atomic E-state index is 6.05. The SMILES string of the molecule is c1cc(CNC[C@H]2COC3(CCOCC3)O2)cs1. The van der Waals surface area contributed by atoms with Gasteiger partial charge >= 0.3 is 0 Å². The first-order valence-corrected chi connectivity index (χ1v) is 7.42. The van der Waals surface area contributed by atoms with Gasteiger partial charge in [-0.1, -0.05) is 0 Å². The van der Waals surface area contributed by atoms with Gasteiger partial charge in [-0.3, -0.25) is 0 Å². The van der Waals surface area contributed by atoms with Crippen LogP contribution in [0.2, 0.25) is 0 Å². The normalized spacial score (nSPS) is 26.8. The minimum Gasteiger partial charge on any atom is -0.381 e. The lowest BCUT2D eigenvalue weighted by molar-refractivity contribution is -0.210. The Morgan fingerprint density at radius 2 is 2.28 bits per heavy atom. The van der Waals surface area contributed by atoms with Gasteiger partial charge in [0.25, 0.3) is 0 Å². The second kappa shape index (κ2) is 5.67. The maximum Gasteiger partial charge on any atom is 0.173 e. The van der Waals surface area contributed by atoms with E-state index in [1.54, 1.807) is 11.3 Å². The maximum absolute atomic E-state index is 6.05. The standard InChI is InChI=1S/C13H19NO3S/c1-6-18-10-11(1)7-14-8-12-9-16-13(17-12)2-4-15-5-3-13/h1,6,10,12,14H,2-5,7-9H2/t12-/m0/s1. The average Bonchev–Trinajstić information content (AvgIpc) is 3.02. The van der Waals surface area contributed by atoms with Crippen molar-refractivity contribution < 1.29 is 14.2 Å². The van der Waals surface area contributed by atoms with Crippen LogP contribution in [0.15, 0.2) is 16.8 Å². The molecule has 1 atom stereocenters. The van der Waals surface area contributed by atoms with Gasteiger partial charge in [-0.2, -0.15) is 11.3 Å². The lowest BCUT2D eigenvalue weighted by atomic mass is 10.1. The summed E-state index contributed by atoms with van der Waals surface area (Å²) in [7, 11) is 0. The van der Waals surface area contributed by atoms with E-state index in [9.17, 15) is 0 Å². The molecule has 0 aliphatic carbocycles. The molecule has 0 bridgehead atoms. The van der Waals surface area contributed by atoms with Crippen LogP contribution >= 0.6 is 11.3 Å². The van der Waals surface area contributed by atoms with Gasteiger partial charge in [0.2, 0.25) is 0 Å². The van der Waals surface area contributed by atoms with Gasteiger partial charge in [0, 0.05) is 25.9 Å². The van der Waals surface area contributed by atoms with Crippen molar-refractivity contribution in [3.8, 4) is 0 Å². The second-order valence-electron chi connectivity index (χ2n) is 4.84. The summed E-state index contributed by atoms with van der Waals surface area (Å²) in [5, 5.41) is 7.69. The van der Waals surface area contributed by atoms with E-state index in [0.29, 0.717) is 6.61 Å². The monoisotopic (exact) mass is 269 g/mol. The summed E-state index contributed by atoms with van der Waals surface area (Å²) >= 11 is 1.73. The predicted molar refractivity (Wildman–Crippen MR) is 69.6 cm³/mol. The van der Waals surface area contributed by atoms with E-state index in [-0.39, 0.29) is 11.9 Å². The molecule has 0 aromatic carbocycles. The highest BCUT2D eigenvalue weighted by molar-refractivity contribution is 7.07. The van der Waals surface area contributed by atoms with E-state index < -0.39 is 0 Å². The van der Waals surface area contributed by atoms with E-state index in [1.165, 1.54) is 5.56 Å². The highest BCUT2D eigenvalue weighted by atomic mass is 32.1. The van der Waals surface area contributed by atoms with Gasteiger partial charge in [0.1, 0.15) is 0 Å². The lowest BCUT2D eigenvalue weighted by Gasteiger charge is -2.31. The Labute approximate surface area is 111 Å². The van der Waals surface area contributed by atoms with Gasteiger partial charge in [0.05, 0.1) is 25.9 Å². The lowest BCUT2D eigenvalue weighted by Crippen LogP contribution is -2.39. The van der Waals surface area contributed by atoms with Crippen molar-refractivity contribution in [3.05, 3.63) is 22.4 Å². The Bertz CT molecular complexity index is 362. The van der Waals surface area contributed by atoms with Crippen LogP contribution in [0.5, 0.6) is 0 Å². The number of hydrogen-bond acceptors (Lipinski definition) is 5. The third-order valence-corrected chi connectivity index (χ3v) is 4.18. The predicted octanol–water partition coefficient (Wildman–Crippen LogP) is 1.76. The molecule has 3 heterocycles. The van der Waals surface area contributed by atoms with Crippen LogP contribution < -0.4 is 5.32 Å². The minimum absolute atomic E-state index is 0.168.